The molecule has 1 saturated heterocycles. The van der Waals surface area contributed by atoms with Gasteiger partial charge in [0, 0.05) is 19.3 Å². The van der Waals surface area contributed by atoms with Gasteiger partial charge in [0.15, 0.2) is 5.82 Å². The number of nitrogens with one attached hydrogen (secondary N) is 2. The van der Waals surface area contributed by atoms with E-state index in [9.17, 15) is 14.4 Å². The summed E-state index contributed by atoms with van der Waals surface area (Å²) in [4.78, 5) is 45.9. The van der Waals surface area contributed by atoms with Gasteiger partial charge in [-0.3, -0.25) is 14.4 Å². The van der Waals surface area contributed by atoms with Crippen molar-refractivity contribution in [2.24, 2.45) is 5.73 Å². The van der Waals surface area contributed by atoms with Crippen LogP contribution in [0.25, 0.3) is 0 Å². The Morgan fingerprint density at radius 2 is 1.73 bits per heavy atom. The summed E-state index contributed by atoms with van der Waals surface area (Å²) in [6.45, 7) is 4.62. The van der Waals surface area contributed by atoms with Crippen LogP contribution in [0.1, 0.15) is 56.7 Å². The number of benzene rings is 2. The van der Waals surface area contributed by atoms with Crippen LogP contribution in [0.4, 0.5) is 5.82 Å². The van der Waals surface area contributed by atoms with Gasteiger partial charge in [-0.25, -0.2) is 4.98 Å². The normalized spacial score (nSPS) is 14.8. The number of amides is 3. The number of likely N-dealkylation sites (tertiary alicyclic amines) is 1. The van der Waals surface area contributed by atoms with Crippen molar-refractivity contribution in [1.82, 2.24) is 19.8 Å². The third-order valence-electron chi connectivity index (χ3n) is 7.24. The zero-order valence-corrected chi connectivity index (χ0v) is 24.0. The van der Waals surface area contributed by atoms with Crippen LogP contribution in [0.5, 0.6) is 5.75 Å². The maximum Gasteiger partial charge on any atom is 0.250 e. The molecule has 2 aromatic carbocycles. The lowest BCUT2D eigenvalue weighted by Crippen LogP contribution is -2.54. The molecule has 0 saturated carbocycles. The smallest absolute Gasteiger partial charge is 0.250 e. The number of nitrogens with two attached hydrogens (primary N) is 1. The number of carbonyl (C=O) groups excluding carboxylic acids is 3. The molecular weight excluding hydrogens is 520 g/mol. The van der Waals surface area contributed by atoms with Crippen LogP contribution in [-0.2, 0) is 20.8 Å². The Balaban J connectivity index is 1.51. The largest absolute Gasteiger partial charge is 0.497 e. The van der Waals surface area contributed by atoms with Gasteiger partial charge in [0.2, 0.25) is 17.7 Å². The van der Waals surface area contributed by atoms with Crippen LogP contribution >= 0.6 is 0 Å². The Labute approximate surface area is 241 Å². The minimum Gasteiger partial charge on any atom is -0.497 e. The van der Waals surface area contributed by atoms with Crippen LogP contribution in [0, 0.1) is 0 Å². The maximum atomic E-state index is 13.6. The topological polar surface area (TPSA) is 132 Å². The lowest BCUT2D eigenvalue weighted by Gasteiger charge is -2.24. The Bertz CT molecular complexity index is 1310. The molecule has 0 bridgehead atoms. The Morgan fingerprint density at radius 1 is 1.05 bits per heavy atom. The number of hydrogen-bond acceptors (Lipinski definition) is 6. The average Bonchev–Trinajstić information content (AvgIpc) is 3.66. The minimum absolute atomic E-state index is 0.0285. The lowest BCUT2D eigenvalue weighted by molar-refractivity contribution is -0.132. The van der Waals surface area contributed by atoms with E-state index in [2.05, 4.69) is 15.6 Å². The number of hydrogen-bond donors (Lipinski definition) is 3. The lowest BCUT2D eigenvalue weighted by atomic mass is 10.0. The highest BCUT2D eigenvalue weighted by Gasteiger charge is 2.31. The number of carbonyl (C=O) groups is 3. The maximum absolute atomic E-state index is 13.6. The third kappa shape index (κ3) is 7.94. The van der Waals surface area contributed by atoms with Crippen molar-refractivity contribution >= 4 is 23.5 Å². The van der Waals surface area contributed by atoms with Gasteiger partial charge in [-0.05, 0) is 69.2 Å². The number of aryl methyl sites for hydroxylation is 1. The van der Waals surface area contributed by atoms with Crippen LogP contribution in [0.2, 0.25) is 0 Å². The molecule has 1 aliphatic rings. The zero-order valence-electron chi connectivity index (χ0n) is 24.0. The molecular formula is C31H40N6O4. The van der Waals surface area contributed by atoms with E-state index < -0.39 is 29.4 Å². The van der Waals surface area contributed by atoms with Gasteiger partial charge in [-0.2, -0.15) is 0 Å². The highest BCUT2D eigenvalue weighted by Crippen LogP contribution is 2.26. The summed E-state index contributed by atoms with van der Waals surface area (Å²) in [5, 5.41) is 5.63. The first-order chi connectivity index (χ1) is 19.7. The average molecular weight is 561 g/mol. The number of aromatic nitrogens is 2. The summed E-state index contributed by atoms with van der Waals surface area (Å²) >= 11 is 0. The molecule has 4 N–H and O–H groups in total. The predicted octanol–water partition coefficient (Wildman–Crippen LogP) is 3.29. The van der Waals surface area contributed by atoms with Crippen molar-refractivity contribution in [2.45, 2.75) is 63.6 Å². The molecule has 1 fully saturated rings. The molecule has 3 amide bonds. The molecule has 3 aromatic rings. The van der Waals surface area contributed by atoms with Gasteiger partial charge < -0.3 is 30.6 Å². The molecule has 2 heterocycles. The fourth-order valence-electron chi connectivity index (χ4n) is 4.86. The Morgan fingerprint density at radius 3 is 2.37 bits per heavy atom. The summed E-state index contributed by atoms with van der Waals surface area (Å²) < 4.78 is 7.00. The first-order valence-corrected chi connectivity index (χ1v) is 14.1. The van der Waals surface area contributed by atoms with Crippen LogP contribution < -0.4 is 21.1 Å². The second-order valence-corrected chi connectivity index (χ2v) is 11.0. The van der Waals surface area contributed by atoms with E-state index in [1.165, 1.54) is 0 Å². The highest BCUT2D eigenvalue weighted by molar-refractivity contribution is 5.98. The van der Waals surface area contributed by atoms with Crippen molar-refractivity contribution < 1.29 is 19.1 Å². The molecule has 218 valence electrons. The highest BCUT2D eigenvalue weighted by atomic mass is 16.5. The van der Waals surface area contributed by atoms with Crippen molar-refractivity contribution in [3.05, 3.63) is 78.2 Å². The van der Waals surface area contributed by atoms with Crippen molar-refractivity contribution in [3.63, 3.8) is 0 Å². The van der Waals surface area contributed by atoms with Gasteiger partial charge in [0.25, 0.3) is 0 Å². The summed E-state index contributed by atoms with van der Waals surface area (Å²) in [5.74, 6) is 0.142. The van der Waals surface area contributed by atoms with Crippen molar-refractivity contribution in [3.8, 4) is 5.75 Å². The number of methoxy groups -OCH3 is 1. The molecule has 10 heteroatoms. The molecule has 2 atom stereocenters. The van der Waals surface area contributed by atoms with Crippen molar-refractivity contribution in [1.29, 1.82) is 0 Å². The summed E-state index contributed by atoms with van der Waals surface area (Å²) in [6, 6.07) is 15.9. The second-order valence-electron chi connectivity index (χ2n) is 11.0. The van der Waals surface area contributed by atoms with E-state index in [0.717, 1.165) is 30.4 Å². The predicted molar refractivity (Wildman–Crippen MR) is 157 cm³/mol. The van der Waals surface area contributed by atoms with Crippen LogP contribution in [-0.4, -0.2) is 64.0 Å². The first-order valence-electron chi connectivity index (χ1n) is 14.1. The monoisotopic (exact) mass is 560 g/mol. The fraction of sp³-hybridized carbons (Fsp3) is 0.419. The quantitative estimate of drug-likeness (QED) is 0.312. The molecule has 0 radical (unpaired) electrons. The number of nitrogens with zero attached hydrogens (tertiary/aromatic N) is 3. The molecule has 1 aromatic heterocycles. The number of anilines is 1. The molecule has 1 aliphatic heterocycles. The van der Waals surface area contributed by atoms with Crippen molar-refractivity contribution in [2.75, 3.05) is 25.5 Å². The van der Waals surface area contributed by atoms with Gasteiger partial charge >= 0.3 is 0 Å². The van der Waals surface area contributed by atoms with E-state index >= 15 is 0 Å². The van der Waals surface area contributed by atoms with E-state index in [1.807, 2.05) is 59.5 Å². The first kappa shape index (κ1) is 29.8. The zero-order chi connectivity index (χ0) is 29.4. The number of rotatable bonds is 12. The molecule has 4 rings (SSSR count). The van der Waals surface area contributed by atoms with E-state index in [-0.39, 0.29) is 11.7 Å². The number of imidazole rings is 1. The van der Waals surface area contributed by atoms with E-state index in [1.54, 1.807) is 38.0 Å². The standard InChI is InChI=1S/C31H40N6O4/c1-31(2,32)30(40)34-25(13-9-12-22-10-5-4-6-11-22)28(38)35-26-20-37(21-33-26)27(29(39)36-18-7-8-19-36)23-14-16-24(41-3)17-15-23/h4-6,10-11,14-17,20-21,25,27H,7-9,12-13,18-19,32H2,1-3H3,(H,34,40)(H,35,38)/t25-,27?/m1/s1. The number of ether oxygens (including phenoxy) is 1. The van der Waals surface area contributed by atoms with Gasteiger partial charge in [0.05, 0.1) is 19.0 Å². The second kappa shape index (κ2) is 13.5. The molecule has 0 aliphatic carbocycles. The van der Waals surface area contributed by atoms with Gasteiger partial charge in [-0.1, -0.05) is 42.5 Å². The van der Waals surface area contributed by atoms with Crippen LogP contribution in [0.15, 0.2) is 67.1 Å². The molecule has 0 spiro atoms. The van der Waals surface area contributed by atoms with Crippen LogP contribution in [0.3, 0.4) is 0 Å². The Hall–Kier alpha value is -4.18. The van der Waals surface area contributed by atoms with E-state index in [0.29, 0.717) is 31.7 Å². The summed E-state index contributed by atoms with van der Waals surface area (Å²) in [7, 11) is 1.60. The van der Waals surface area contributed by atoms with E-state index in [4.69, 9.17) is 10.5 Å². The van der Waals surface area contributed by atoms with Gasteiger partial charge in [0.1, 0.15) is 17.8 Å². The summed E-state index contributed by atoms with van der Waals surface area (Å²) in [5.41, 5.74) is 6.79. The third-order valence-corrected chi connectivity index (χ3v) is 7.24. The van der Waals surface area contributed by atoms with Gasteiger partial charge in [-0.15, -0.1) is 0 Å². The molecule has 10 nitrogen and oxygen atoms in total. The molecule has 41 heavy (non-hydrogen) atoms. The minimum atomic E-state index is -1.14. The Kier molecular flexibility index (Phi) is 9.78. The fourth-order valence-corrected chi connectivity index (χ4v) is 4.86. The SMILES string of the molecule is COc1ccc(C(C(=O)N2CCCC2)n2cnc(NC(=O)[C@@H](CCCc3ccccc3)NC(=O)C(C)(C)N)c2)cc1. The summed E-state index contributed by atoms with van der Waals surface area (Å²) in [6.07, 6.45) is 7.02. The molecule has 1 unspecified atom stereocenters.